The van der Waals surface area contributed by atoms with Crippen LogP contribution in [0.25, 0.3) is 0 Å². The minimum atomic E-state index is -0.492. The molecule has 1 aromatic rings. The molecule has 100 valence electrons. The summed E-state index contributed by atoms with van der Waals surface area (Å²) in [7, 11) is 0. The molecular weight excluding hydrogens is 256 g/mol. The van der Waals surface area contributed by atoms with Crippen LogP contribution < -0.4 is 10.1 Å². The van der Waals surface area contributed by atoms with E-state index in [-0.39, 0.29) is 11.4 Å². The van der Waals surface area contributed by atoms with E-state index in [0.29, 0.717) is 17.7 Å². The zero-order valence-corrected chi connectivity index (χ0v) is 11.2. The molecule has 0 atom stereocenters. The Hall–Kier alpha value is -1.33. The van der Waals surface area contributed by atoms with Gasteiger partial charge in [-0.05, 0) is 25.1 Å². The monoisotopic (exact) mass is 272 g/mol. The molecule has 0 radical (unpaired) electrons. The van der Waals surface area contributed by atoms with Gasteiger partial charge in [0.2, 0.25) is 0 Å². The second-order valence-electron chi connectivity index (χ2n) is 4.18. The van der Waals surface area contributed by atoms with E-state index in [0.717, 1.165) is 13.0 Å². The maximum atomic E-state index is 10.8. The standard InChI is InChI=1S/C12H17ClN2O3/c1-9(2)14-6-3-7-18-12-5-4-10(13)8-11(12)15(16)17/h4-5,8-9,14H,3,6-7H2,1-2H3. The number of benzene rings is 1. The van der Waals surface area contributed by atoms with Gasteiger partial charge in [0.15, 0.2) is 5.75 Å². The molecule has 18 heavy (non-hydrogen) atoms. The Morgan fingerprint density at radius 2 is 2.22 bits per heavy atom. The van der Waals surface area contributed by atoms with E-state index >= 15 is 0 Å². The second kappa shape index (κ2) is 7.18. The zero-order chi connectivity index (χ0) is 13.5. The minimum Gasteiger partial charge on any atom is -0.487 e. The summed E-state index contributed by atoms with van der Waals surface area (Å²) in [4.78, 5) is 10.3. The summed E-state index contributed by atoms with van der Waals surface area (Å²) in [6.07, 6.45) is 0.790. The fourth-order valence-corrected chi connectivity index (χ4v) is 1.57. The van der Waals surface area contributed by atoms with Gasteiger partial charge in [0, 0.05) is 17.1 Å². The normalized spacial score (nSPS) is 10.7. The summed E-state index contributed by atoms with van der Waals surface area (Å²) in [6, 6.07) is 4.82. The largest absolute Gasteiger partial charge is 0.487 e. The van der Waals surface area contributed by atoms with Gasteiger partial charge >= 0.3 is 5.69 Å². The Morgan fingerprint density at radius 1 is 1.50 bits per heavy atom. The SMILES string of the molecule is CC(C)NCCCOc1ccc(Cl)cc1[N+](=O)[O-]. The maximum Gasteiger partial charge on any atom is 0.312 e. The fourth-order valence-electron chi connectivity index (χ4n) is 1.40. The molecule has 1 aromatic carbocycles. The summed E-state index contributed by atoms with van der Waals surface area (Å²) < 4.78 is 5.39. The van der Waals surface area contributed by atoms with Crippen LogP contribution in [0.5, 0.6) is 5.75 Å². The highest BCUT2D eigenvalue weighted by Crippen LogP contribution is 2.29. The molecule has 0 saturated heterocycles. The maximum absolute atomic E-state index is 10.8. The Bertz CT molecular complexity index is 410. The number of hydrogen-bond acceptors (Lipinski definition) is 4. The lowest BCUT2D eigenvalue weighted by atomic mass is 10.3. The van der Waals surface area contributed by atoms with Crippen molar-refractivity contribution in [1.82, 2.24) is 5.32 Å². The number of nitrogens with zero attached hydrogens (tertiary/aromatic N) is 1. The van der Waals surface area contributed by atoms with Crippen LogP contribution in [-0.2, 0) is 0 Å². The van der Waals surface area contributed by atoms with Gasteiger partial charge in [-0.3, -0.25) is 10.1 Å². The van der Waals surface area contributed by atoms with Crippen molar-refractivity contribution in [2.24, 2.45) is 0 Å². The van der Waals surface area contributed by atoms with Gasteiger partial charge in [-0.1, -0.05) is 25.4 Å². The first kappa shape index (κ1) is 14.7. The topological polar surface area (TPSA) is 64.4 Å². The molecule has 0 aromatic heterocycles. The Morgan fingerprint density at radius 3 is 2.83 bits per heavy atom. The summed E-state index contributed by atoms with van der Waals surface area (Å²) in [5.74, 6) is 0.258. The van der Waals surface area contributed by atoms with E-state index in [1.54, 1.807) is 6.07 Å². The molecule has 0 amide bonds. The van der Waals surface area contributed by atoms with Crippen LogP contribution in [0.1, 0.15) is 20.3 Å². The van der Waals surface area contributed by atoms with E-state index in [1.807, 2.05) is 0 Å². The molecule has 0 aliphatic heterocycles. The minimum absolute atomic E-state index is 0.0979. The van der Waals surface area contributed by atoms with Crippen LogP contribution in [0, 0.1) is 10.1 Å². The lowest BCUT2D eigenvalue weighted by Crippen LogP contribution is -2.24. The number of rotatable bonds is 7. The number of halogens is 1. The molecule has 6 heteroatoms. The molecule has 0 unspecified atom stereocenters. The predicted molar refractivity (Wildman–Crippen MR) is 71.4 cm³/mol. The van der Waals surface area contributed by atoms with E-state index in [2.05, 4.69) is 19.2 Å². The molecule has 0 heterocycles. The van der Waals surface area contributed by atoms with Crippen LogP contribution in [0.4, 0.5) is 5.69 Å². The molecule has 5 nitrogen and oxygen atoms in total. The summed E-state index contributed by atoms with van der Waals surface area (Å²) in [6.45, 7) is 5.37. The highest BCUT2D eigenvalue weighted by Gasteiger charge is 2.15. The number of ether oxygens (including phenoxy) is 1. The molecular formula is C12H17ClN2O3. The summed E-state index contributed by atoms with van der Waals surface area (Å²) in [5.41, 5.74) is -0.0979. The highest BCUT2D eigenvalue weighted by molar-refractivity contribution is 6.30. The second-order valence-corrected chi connectivity index (χ2v) is 4.62. The smallest absolute Gasteiger partial charge is 0.312 e. The predicted octanol–water partition coefficient (Wildman–Crippen LogP) is 3.02. The van der Waals surface area contributed by atoms with Gasteiger partial charge < -0.3 is 10.1 Å². The lowest BCUT2D eigenvalue weighted by molar-refractivity contribution is -0.385. The average molecular weight is 273 g/mol. The third-order valence-electron chi connectivity index (χ3n) is 2.25. The molecule has 1 N–H and O–H groups in total. The average Bonchev–Trinajstić information content (AvgIpc) is 2.29. The van der Waals surface area contributed by atoms with Crippen molar-refractivity contribution in [3.05, 3.63) is 33.3 Å². The first-order valence-corrected chi connectivity index (χ1v) is 6.18. The molecule has 0 aliphatic carbocycles. The van der Waals surface area contributed by atoms with Crippen molar-refractivity contribution < 1.29 is 9.66 Å². The lowest BCUT2D eigenvalue weighted by Gasteiger charge is -2.09. The third kappa shape index (κ3) is 4.89. The van der Waals surface area contributed by atoms with Gasteiger partial charge in [0.1, 0.15) is 0 Å². The first-order valence-electron chi connectivity index (χ1n) is 5.81. The van der Waals surface area contributed by atoms with Crippen molar-refractivity contribution >= 4 is 17.3 Å². The first-order chi connectivity index (χ1) is 8.50. The van der Waals surface area contributed by atoms with Crippen molar-refractivity contribution in [1.29, 1.82) is 0 Å². The van der Waals surface area contributed by atoms with Crippen molar-refractivity contribution in [2.75, 3.05) is 13.2 Å². The van der Waals surface area contributed by atoms with Crippen molar-refractivity contribution in [2.45, 2.75) is 26.3 Å². The molecule has 0 spiro atoms. The van der Waals surface area contributed by atoms with Crippen molar-refractivity contribution in [3.63, 3.8) is 0 Å². The van der Waals surface area contributed by atoms with Gasteiger partial charge in [-0.25, -0.2) is 0 Å². The van der Waals surface area contributed by atoms with Crippen molar-refractivity contribution in [3.8, 4) is 5.75 Å². The van der Waals surface area contributed by atoms with Gasteiger partial charge in [-0.2, -0.15) is 0 Å². The van der Waals surface area contributed by atoms with Crippen LogP contribution in [0.15, 0.2) is 18.2 Å². The molecule has 0 saturated carbocycles. The zero-order valence-electron chi connectivity index (χ0n) is 10.5. The molecule has 0 aliphatic rings. The number of nitrogens with one attached hydrogen (secondary N) is 1. The van der Waals surface area contributed by atoms with E-state index in [1.165, 1.54) is 12.1 Å². The highest BCUT2D eigenvalue weighted by atomic mass is 35.5. The van der Waals surface area contributed by atoms with Gasteiger partial charge in [0.25, 0.3) is 0 Å². The summed E-state index contributed by atoms with van der Waals surface area (Å²) in [5, 5.41) is 14.4. The molecule has 0 bridgehead atoms. The molecule has 1 rings (SSSR count). The number of nitro benzene ring substituents is 1. The van der Waals surface area contributed by atoms with Crippen LogP contribution in [-0.4, -0.2) is 24.1 Å². The van der Waals surface area contributed by atoms with Crippen LogP contribution in [0.3, 0.4) is 0 Å². The molecule has 0 fully saturated rings. The van der Waals surface area contributed by atoms with Gasteiger partial charge in [0.05, 0.1) is 11.5 Å². The Balaban J connectivity index is 2.49. The van der Waals surface area contributed by atoms with Crippen LogP contribution >= 0.6 is 11.6 Å². The Kier molecular flexibility index (Phi) is 5.88. The number of hydrogen-bond donors (Lipinski definition) is 1. The van der Waals surface area contributed by atoms with E-state index < -0.39 is 4.92 Å². The van der Waals surface area contributed by atoms with Gasteiger partial charge in [-0.15, -0.1) is 0 Å². The third-order valence-corrected chi connectivity index (χ3v) is 2.48. The fraction of sp³-hybridized carbons (Fsp3) is 0.500. The number of nitro groups is 1. The quantitative estimate of drug-likeness (QED) is 0.471. The summed E-state index contributed by atoms with van der Waals surface area (Å²) >= 11 is 5.71. The van der Waals surface area contributed by atoms with E-state index in [9.17, 15) is 10.1 Å². The van der Waals surface area contributed by atoms with Crippen LogP contribution in [0.2, 0.25) is 5.02 Å². The Labute approximate surface area is 111 Å². The van der Waals surface area contributed by atoms with E-state index in [4.69, 9.17) is 16.3 Å².